The van der Waals surface area contributed by atoms with E-state index in [-0.39, 0.29) is 22.3 Å². The zero-order valence-electron chi connectivity index (χ0n) is 17.8. The van der Waals surface area contributed by atoms with Crippen LogP contribution in [0.1, 0.15) is 63.8 Å². The SMILES string of the molecule is CCC(=O)N1CCc2cc(S(=O)(=O)NC(C)c3ccc(C(C)(C)C)cc3)ccc21. The number of anilines is 1. The highest BCUT2D eigenvalue weighted by Crippen LogP contribution is 2.31. The highest BCUT2D eigenvalue weighted by molar-refractivity contribution is 7.89. The van der Waals surface area contributed by atoms with Gasteiger partial charge in [0.15, 0.2) is 0 Å². The van der Waals surface area contributed by atoms with E-state index in [0.29, 0.717) is 19.4 Å². The molecule has 1 amide bonds. The van der Waals surface area contributed by atoms with Gasteiger partial charge in [-0.15, -0.1) is 0 Å². The zero-order chi connectivity index (χ0) is 21.4. The van der Waals surface area contributed by atoms with Gasteiger partial charge in [-0.05, 0) is 53.6 Å². The molecule has 1 aliphatic heterocycles. The molecule has 5 nitrogen and oxygen atoms in total. The number of carbonyl (C=O) groups is 1. The molecule has 1 N–H and O–H groups in total. The predicted molar refractivity (Wildman–Crippen MR) is 117 cm³/mol. The Kier molecular flexibility index (Phi) is 5.88. The molecule has 0 saturated heterocycles. The molecule has 2 aromatic carbocycles. The lowest BCUT2D eigenvalue weighted by Crippen LogP contribution is -2.28. The predicted octanol–water partition coefficient (Wildman–Crippen LogP) is 4.32. The van der Waals surface area contributed by atoms with E-state index in [1.54, 1.807) is 23.1 Å². The molecule has 0 fully saturated rings. The molecule has 2 aromatic rings. The third-order valence-corrected chi connectivity index (χ3v) is 7.01. The van der Waals surface area contributed by atoms with Gasteiger partial charge in [-0.2, -0.15) is 0 Å². The molecule has 1 aliphatic rings. The fourth-order valence-corrected chi connectivity index (χ4v) is 4.92. The summed E-state index contributed by atoms with van der Waals surface area (Å²) in [5.41, 5.74) is 3.90. The van der Waals surface area contributed by atoms with E-state index in [2.05, 4.69) is 37.6 Å². The Morgan fingerprint density at radius 2 is 1.79 bits per heavy atom. The highest BCUT2D eigenvalue weighted by atomic mass is 32.2. The molecule has 6 heteroatoms. The molecular weight excluding hydrogens is 384 g/mol. The Labute approximate surface area is 174 Å². The summed E-state index contributed by atoms with van der Waals surface area (Å²) in [5.74, 6) is 0.0600. The van der Waals surface area contributed by atoms with Crippen molar-refractivity contribution in [3.63, 3.8) is 0 Å². The zero-order valence-corrected chi connectivity index (χ0v) is 18.6. The quantitative estimate of drug-likeness (QED) is 0.792. The average Bonchev–Trinajstić information content (AvgIpc) is 3.09. The van der Waals surface area contributed by atoms with Gasteiger partial charge < -0.3 is 4.90 Å². The Bertz CT molecular complexity index is 1010. The maximum atomic E-state index is 12.9. The maximum Gasteiger partial charge on any atom is 0.241 e. The van der Waals surface area contributed by atoms with E-state index < -0.39 is 10.0 Å². The van der Waals surface area contributed by atoms with Crippen LogP contribution in [-0.4, -0.2) is 20.9 Å². The van der Waals surface area contributed by atoms with E-state index in [1.165, 1.54) is 5.56 Å². The Morgan fingerprint density at radius 1 is 1.14 bits per heavy atom. The van der Waals surface area contributed by atoms with Crippen LogP contribution in [-0.2, 0) is 26.7 Å². The second-order valence-corrected chi connectivity index (χ2v) is 10.4. The number of nitrogens with one attached hydrogen (secondary N) is 1. The Balaban J connectivity index is 1.79. The van der Waals surface area contributed by atoms with Gasteiger partial charge in [0.1, 0.15) is 0 Å². The molecule has 1 atom stereocenters. The van der Waals surface area contributed by atoms with Crippen molar-refractivity contribution in [2.24, 2.45) is 0 Å². The van der Waals surface area contributed by atoms with E-state index in [4.69, 9.17) is 0 Å². The molecule has 0 radical (unpaired) electrons. The number of benzene rings is 2. The van der Waals surface area contributed by atoms with Crippen molar-refractivity contribution in [3.8, 4) is 0 Å². The third-order valence-electron chi connectivity index (χ3n) is 5.47. The maximum absolute atomic E-state index is 12.9. The molecule has 156 valence electrons. The number of nitrogens with zero attached hydrogens (tertiary/aromatic N) is 1. The molecular formula is C23H30N2O3S. The lowest BCUT2D eigenvalue weighted by atomic mass is 9.86. The van der Waals surface area contributed by atoms with E-state index in [1.807, 2.05) is 26.0 Å². The van der Waals surface area contributed by atoms with E-state index >= 15 is 0 Å². The topological polar surface area (TPSA) is 66.5 Å². The second-order valence-electron chi connectivity index (χ2n) is 8.65. The Hall–Kier alpha value is -2.18. The van der Waals surface area contributed by atoms with Gasteiger partial charge in [-0.3, -0.25) is 4.79 Å². The van der Waals surface area contributed by atoms with Crippen molar-refractivity contribution in [2.45, 2.75) is 63.8 Å². The van der Waals surface area contributed by atoms with Crippen LogP contribution >= 0.6 is 0 Å². The minimum Gasteiger partial charge on any atom is -0.312 e. The van der Waals surface area contributed by atoms with Crippen LogP contribution in [0, 0.1) is 0 Å². The van der Waals surface area contributed by atoms with Crippen molar-refractivity contribution in [1.29, 1.82) is 0 Å². The smallest absolute Gasteiger partial charge is 0.241 e. The van der Waals surface area contributed by atoms with Gasteiger partial charge in [-0.25, -0.2) is 13.1 Å². The van der Waals surface area contributed by atoms with Gasteiger partial charge in [0.2, 0.25) is 15.9 Å². The van der Waals surface area contributed by atoms with Gasteiger partial charge in [-0.1, -0.05) is 52.0 Å². The largest absolute Gasteiger partial charge is 0.312 e. The van der Waals surface area contributed by atoms with Crippen LogP contribution in [0.25, 0.3) is 0 Å². The summed E-state index contributed by atoms with van der Waals surface area (Å²) in [5, 5.41) is 0. The molecule has 0 saturated carbocycles. The number of hydrogen-bond acceptors (Lipinski definition) is 3. The van der Waals surface area contributed by atoms with Crippen LogP contribution < -0.4 is 9.62 Å². The third kappa shape index (κ3) is 4.54. The monoisotopic (exact) mass is 414 g/mol. The van der Waals surface area contributed by atoms with E-state index in [0.717, 1.165) is 16.8 Å². The Morgan fingerprint density at radius 3 is 2.38 bits per heavy atom. The molecule has 1 unspecified atom stereocenters. The highest BCUT2D eigenvalue weighted by Gasteiger charge is 2.26. The summed E-state index contributed by atoms with van der Waals surface area (Å²) in [4.78, 5) is 14.0. The lowest BCUT2D eigenvalue weighted by molar-refractivity contribution is -0.118. The number of amides is 1. The molecule has 0 aliphatic carbocycles. The van der Waals surface area contributed by atoms with Gasteiger partial charge in [0.05, 0.1) is 4.90 Å². The number of fused-ring (bicyclic) bond motifs is 1. The van der Waals surface area contributed by atoms with Crippen LogP contribution in [0.15, 0.2) is 47.4 Å². The first kappa shape index (κ1) is 21.5. The number of carbonyl (C=O) groups excluding carboxylic acids is 1. The van der Waals surface area contributed by atoms with Crippen molar-refractivity contribution in [2.75, 3.05) is 11.4 Å². The van der Waals surface area contributed by atoms with Crippen LogP contribution in [0.5, 0.6) is 0 Å². The molecule has 3 rings (SSSR count). The summed E-state index contributed by atoms with van der Waals surface area (Å²) in [7, 11) is -3.66. The molecule has 1 heterocycles. The van der Waals surface area contributed by atoms with Crippen molar-refractivity contribution in [1.82, 2.24) is 4.72 Å². The first-order valence-electron chi connectivity index (χ1n) is 10.1. The fraction of sp³-hybridized carbons (Fsp3) is 0.435. The first-order valence-corrected chi connectivity index (χ1v) is 11.6. The fourth-order valence-electron chi connectivity index (χ4n) is 3.64. The van der Waals surface area contributed by atoms with Gasteiger partial charge in [0.25, 0.3) is 0 Å². The summed E-state index contributed by atoms with van der Waals surface area (Å²) < 4.78 is 28.6. The van der Waals surface area contributed by atoms with Gasteiger partial charge in [0, 0.05) is 24.7 Å². The molecule has 0 bridgehead atoms. The van der Waals surface area contributed by atoms with Crippen molar-refractivity contribution in [3.05, 3.63) is 59.2 Å². The number of hydrogen-bond donors (Lipinski definition) is 1. The van der Waals surface area contributed by atoms with Crippen molar-refractivity contribution >= 4 is 21.6 Å². The van der Waals surface area contributed by atoms with Crippen LogP contribution in [0.2, 0.25) is 0 Å². The molecule has 0 aromatic heterocycles. The van der Waals surface area contributed by atoms with Crippen LogP contribution in [0.4, 0.5) is 5.69 Å². The standard InChI is InChI=1S/C23H30N2O3S/c1-6-22(26)25-14-13-18-15-20(11-12-21(18)25)29(27,28)24-16(2)17-7-9-19(10-8-17)23(3,4)5/h7-12,15-16,24H,6,13-14H2,1-5H3. The summed E-state index contributed by atoms with van der Waals surface area (Å²) in [6.45, 7) is 10.7. The van der Waals surface area contributed by atoms with Crippen molar-refractivity contribution < 1.29 is 13.2 Å². The second kappa shape index (κ2) is 7.92. The first-order chi connectivity index (χ1) is 13.5. The summed E-state index contributed by atoms with van der Waals surface area (Å²) in [6, 6.07) is 12.7. The van der Waals surface area contributed by atoms with E-state index in [9.17, 15) is 13.2 Å². The number of sulfonamides is 1. The summed E-state index contributed by atoms with van der Waals surface area (Å²) >= 11 is 0. The molecule has 29 heavy (non-hydrogen) atoms. The lowest BCUT2D eigenvalue weighted by Gasteiger charge is -2.21. The minimum atomic E-state index is -3.66. The normalized spacial score (nSPS) is 15.3. The number of rotatable bonds is 5. The average molecular weight is 415 g/mol. The minimum absolute atomic E-state index is 0.0543. The molecule has 0 spiro atoms. The van der Waals surface area contributed by atoms with Gasteiger partial charge >= 0.3 is 0 Å². The van der Waals surface area contributed by atoms with Crippen LogP contribution in [0.3, 0.4) is 0 Å². The summed E-state index contributed by atoms with van der Waals surface area (Å²) in [6.07, 6.45) is 1.11.